The number of hydrogen-bond acceptors (Lipinski definition) is 4. The lowest BCUT2D eigenvalue weighted by Gasteiger charge is -2.01. The average molecular weight is 395 g/mol. The summed E-state index contributed by atoms with van der Waals surface area (Å²) in [7, 11) is 0. The Hall–Kier alpha value is -4.06. The van der Waals surface area contributed by atoms with E-state index in [2.05, 4.69) is 22.4 Å². The van der Waals surface area contributed by atoms with Gasteiger partial charge in [0.05, 0.1) is 11.9 Å². The molecule has 0 bridgehead atoms. The lowest BCUT2D eigenvalue weighted by atomic mass is 10.1. The number of nitrogens with zero attached hydrogens (tertiary/aromatic N) is 4. The fourth-order valence-corrected chi connectivity index (χ4v) is 3.05. The Morgan fingerprint density at radius 1 is 1.03 bits per heavy atom. The first-order valence-corrected chi connectivity index (χ1v) is 9.72. The predicted octanol–water partition coefficient (Wildman–Crippen LogP) is 4.26. The van der Waals surface area contributed by atoms with Crippen LogP contribution in [0.5, 0.6) is 0 Å². The highest BCUT2D eigenvalue weighted by Gasteiger charge is 2.11. The first kappa shape index (κ1) is 19.3. The fraction of sp³-hybridized carbons (Fsp3) is 0.0833. The van der Waals surface area contributed by atoms with Crippen LogP contribution in [-0.4, -0.2) is 26.9 Å². The number of carbonyl (C=O) groups excluding carboxylic acids is 1. The second-order valence-corrected chi connectivity index (χ2v) is 6.70. The summed E-state index contributed by atoms with van der Waals surface area (Å²) in [5, 5.41) is 8.87. The molecule has 0 saturated carbocycles. The van der Waals surface area contributed by atoms with Crippen molar-refractivity contribution in [3.63, 3.8) is 0 Å². The number of aryl methyl sites for hydroxylation is 1. The first-order valence-electron chi connectivity index (χ1n) is 9.72. The number of hydrogen-bond donors (Lipinski definition) is 1. The van der Waals surface area contributed by atoms with E-state index in [1.54, 1.807) is 35.4 Å². The molecular weight excluding hydrogens is 374 g/mol. The summed E-state index contributed by atoms with van der Waals surface area (Å²) < 4.78 is 1.79. The molecule has 2 heterocycles. The molecule has 0 unspecified atom stereocenters. The molecule has 2 aromatic carbocycles. The normalized spacial score (nSPS) is 11.0. The third-order valence-electron chi connectivity index (χ3n) is 4.71. The van der Waals surface area contributed by atoms with E-state index in [1.807, 2.05) is 60.8 Å². The molecule has 0 aliphatic heterocycles. The van der Waals surface area contributed by atoms with Gasteiger partial charge in [-0.15, -0.1) is 0 Å². The molecule has 1 amide bonds. The van der Waals surface area contributed by atoms with E-state index in [0.717, 1.165) is 28.9 Å². The maximum Gasteiger partial charge on any atom is 0.271 e. The molecule has 4 rings (SSSR count). The third-order valence-corrected chi connectivity index (χ3v) is 4.71. The van der Waals surface area contributed by atoms with Gasteiger partial charge in [-0.1, -0.05) is 37.3 Å². The molecule has 0 atom stereocenters. The number of amides is 1. The summed E-state index contributed by atoms with van der Waals surface area (Å²) in [4.78, 5) is 16.4. The molecule has 0 saturated heterocycles. The van der Waals surface area contributed by atoms with Crippen LogP contribution in [-0.2, 0) is 6.42 Å². The summed E-state index contributed by atoms with van der Waals surface area (Å²) >= 11 is 0. The zero-order valence-electron chi connectivity index (χ0n) is 16.6. The Morgan fingerprint density at radius 2 is 1.77 bits per heavy atom. The highest BCUT2D eigenvalue weighted by atomic mass is 16.2. The SMILES string of the molecule is CCc1ccc(C(=O)N/N=C\c2cn(-c3ccccc3)nc2-c2ccncc2)cc1. The molecule has 0 fully saturated rings. The summed E-state index contributed by atoms with van der Waals surface area (Å²) in [6.45, 7) is 2.08. The zero-order valence-corrected chi connectivity index (χ0v) is 16.6. The summed E-state index contributed by atoms with van der Waals surface area (Å²) in [6, 6.07) is 21.1. The maximum absolute atomic E-state index is 12.4. The molecule has 6 nitrogen and oxygen atoms in total. The lowest BCUT2D eigenvalue weighted by molar-refractivity contribution is 0.0955. The summed E-state index contributed by atoms with van der Waals surface area (Å²) in [6.07, 6.45) is 7.87. The Kier molecular flexibility index (Phi) is 5.75. The zero-order chi connectivity index (χ0) is 20.8. The molecule has 0 aliphatic rings. The molecule has 0 aliphatic carbocycles. The standard InChI is InChI=1S/C24H21N5O/c1-2-18-8-10-20(11-9-18)24(30)27-26-16-21-17-29(22-6-4-3-5-7-22)28-23(21)19-12-14-25-15-13-19/h3-17H,2H2,1H3,(H,27,30)/b26-16-. The Balaban J connectivity index is 1.59. The number of para-hydroxylation sites is 1. The van der Waals surface area contributed by atoms with Crippen LogP contribution in [0.3, 0.4) is 0 Å². The number of pyridine rings is 1. The molecule has 4 aromatic rings. The van der Waals surface area contributed by atoms with Crippen molar-refractivity contribution in [1.29, 1.82) is 0 Å². The van der Waals surface area contributed by atoms with Crippen molar-refractivity contribution >= 4 is 12.1 Å². The van der Waals surface area contributed by atoms with E-state index in [4.69, 9.17) is 5.10 Å². The van der Waals surface area contributed by atoms with Gasteiger partial charge in [0.15, 0.2) is 0 Å². The molecule has 0 radical (unpaired) electrons. The Morgan fingerprint density at radius 3 is 2.47 bits per heavy atom. The fourth-order valence-electron chi connectivity index (χ4n) is 3.05. The first-order chi connectivity index (χ1) is 14.7. The number of carbonyl (C=O) groups is 1. The molecule has 30 heavy (non-hydrogen) atoms. The molecule has 2 aromatic heterocycles. The quantitative estimate of drug-likeness (QED) is 0.392. The van der Waals surface area contributed by atoms with Gasteiger partial charge < -0.3 is 0 Å². The number of benzene rings is 2. The number of rotatable bonds is 6. The van der Waals surface area contributed by atoms with Crippen molar-refractivity contribution in [1.82, 2.24) is 20.2 Å². The monoisotopic (exact) mass is 395 g/mol. The van der Waals surface area contributed by atoms with Crippen molar-refractivity contribution in [2.45, 2.75) is 13.3 Å². The average Bonchev–Trinajstić information content (AvgIpc) is 3.24. The van der Waals surface area contributed by atoms with E-state index in [9.17, 15) is 4.79 Å². The van der Waals surface area contributed by atoms with Crippen LogP contribution in [0.25, 0.3) is 16.9 Å². The van der Waals surface area contributed by atoms with Crippen LogP contribution >= 0.6 is 0 Å². The van der Waals surface area contributed by atoms with Crippen LogP contribution in [0, 0.1) is 0 Å². The number of nitrogens with one attached hydrogen (secondary N) is 1. The van der Waals surface area contributed by atoms with Gasteiger partial charge in [0.2, 0.25) is 0 Å². The van der Waals surface area contributed by atoms with Gasteiger partial charge >= 0.3 is 0 Å². The Bertz CT molecular complexity index is 1150. The van der Waals surface area contributed by atoms with Crippen molar-refractivity contribution in [2.24, 2.45) is 5.10 Å². The van der Waals surface area contributed by atoms with Crippen molar-refractivity contribution in [3.8, 4) is 16.9 Å². The van der Waals surface area contributed by atoms with Crippen molar-refractivity contribution in [3.05, 3.63) is 102 Å². The van der Waals surface area contributed by atoms with Gasteiger partial charge in [-0.25, -0.2) is 10.1 Å². The highest BCUT2D eigenvalue weighted by molar-refractivity contribution is 5.95. The van der Waals surface area contributed by atoms with E-state index in [-0.39, 0.29) is 5.91 Å². The smallest absolute Gasteiger partial charge is 0.267 e. The second kappa shape index (κ2) is 8.96. The van der Waals surface area contributed by atoms with E-state index in [0.29, 0.717) is 5.56 Å². The van der Waals surface area contributed by atoms with Crippen molar-refractivity contribution < 1.29 is 4.79 Å². The predicted molar refractivity (Wildman–Crippen MR) is 118 cm³/mol. The van der Waals surface area contributed by atoms with Gasteiger partial charge in [0, 0.05) is 35.3 Å². The van der Waals surface area contributed by atoms with Crippen LogP contribution < -0.4 is 5.43 Å². The lowest BCUT2D eigenvalue weighted by Crippen LogP contribution is -2.17. The minimum atomic E-state index is -0.255. The minimum Gasteiger partial charge on any atom is -0.267 e. The molecule has 1 N–H and O–H groups in total. The van der Waals surface area contributed by atoms with Gasteiger partial charge in [0.1, 0.15) is 5.69 Å². The molecular formula is C24H21N5O. The van der Waals surface area contributed by atoms with Crippen molar-refractivity contribution in [2.75, 3.05) is 0 Å². The minimum absolute atomic E-state index is 0.255. The summed E-state index contributed by atoms with van der Waals surface area (Å²) in [5.74, 6) is -0.255. The molecule has 0 spiro atoms. The van der Waals surface area contributed by atoms with Gasteiger partial charge in [0.25, 0.3) is 5.91 Å². The van der Waals surface area contributed by atoms with Crippen LogP contribution in [0.2, 0.25) is 0 Å². The van der Waals surface area contributed by atoms with Crippen LogP contribution in [0.4, 0.5) is 0 Å². The largest absolute Gasteiger partial charge is 0.271 e. The number of hydrazone groups is 1. The van der Waals surface area contributed by atoms with Crippen LogP contribution in [0.15, 0.2) is 90.4 Å². The van der Waals surface area contributed by atoms with E-state index in [1.165, 1.54) is 5.56 Å². The Labute approximate surface area is 174 Å². The maximum atomic E-state index is 12.4. The second-order valence-electron chi connectivity index (χ2n) is 6.70. The van der Waals surface area contributed by atoms with Gasteiger partial charge in [-0.2, -0.15) is 10.2 Å². The van der Waals surface area contributed by atoms with Gasteiger partial charge in [-0.3, -0.25) is 9.78 Å². The molecule has 148 valence electrons. The van der Waals surface area contributed by atoms with E-state index >= 15 is 0 Å². The third kappa shape index (κ3) is 4.33. The highest BCUT2D eigenvalue weighted by Crippen LogP contribution is 2.22. The van der Waals surface area contributed by atoms with Crippen LogP contribution in [0.1, 0.15) is 28.4 Å². The van der Waals surface area contributed by atoms with Gasteiger partial charge in [-0.05, 0) is 48.4 Å². The topological polar surface area (TPSA) is 72.2 Å². The summed E-state index contributed by atoms with van der Waals surface area (Å²) in [5.41, 5.74) is 7.74. The number of aromatic nitrogens is 3. The van der Waals surface area contributed by atoms with E-state index < -0.39 is 0 Å². The molecule has 6 heteroatoms.